The van der Waals surface area contributed by atoms with Gasteiger partial charge in [0.05, 0.1) is 6.61 Å². The van der Waals surface area contributed by atoms with E-state index in [1.807, 2.05) is 0 Å². The van der Waals surface area contributed by atoms with Gasteiger partial charge in [0.15, 0.2) is 5.96 Å². The van der Waals surface area contributed by atoms with Crippen LogP contribution in [0, 0.1) is 0 Å². The highest BCUT2D eigenvalue weighted by Crippen LogP contribution is 2.11. The highest BCUT2D eigenvalue weighted by Gasteiger charge is 2.32. The highest BCUT2D eigenvalue weighted by molar-refractivity contribution is 5.98. The largest absolute Gasteiger partial charge is 0.394 e. The van der Waals surface area contributed by atoms with Crippen molar-refractivity contribution < 1.29 is 39.1 Å². The standard InChI is InChI=1S/C26H45N9O8/c1-4-16(2)21(38)30-18(9-7-13-35(43)15-37)23(40)33-20(14-36)24(41)31-17(8-5-11-29-26(27)28)22(39)32-19-10-6-12-34(3)25(19)42/h4,15,17-20,36,43H,5-14H2,1-3H3,(H,30,38)(H,31,41)(H,32,39)(H,33,40)(H4,27,28,29)/b16-4-. The lowest BCUT2D eigenvalue weighted by Gasteiger charge is -2.31. The van der Waals surface area contributed by atoms with E-state index in [-0.39, 0.29) is 57.0 Å². The van der Waals surface area contributed by atoms with Crippen molar-refractivity contribution in [1.82, 2.24) is 31.2 Å². The zero-order valence-corrected chi connectivity index (χ0v) is 24.9. The fraction of sp³-hybridized carbons (Fsp3) is 0.654. The van der Waals surface area contributed by atoms with Gasteiger partial charge in [0.1, 0.15) is 24.2 Å². The van der Waals surface area contributed by atoms with Crippen LogP contribution in [0.15, 0.2) is 16.6 Å². The summed E-state index contributed by atoms with van der Waals surface area (Å²) < 4.78 is 0. The summed E-state index contributed by atoms with van der Waals surface area (Å²) in [6.07, 6.45) is 3.30. The molecule has 0 bridgehead atoms. The molecule has 0 saturated carbocycles. The fourth-order valence-electron chi connectivity index (χ4n) is 4.13. The molecule has 4 atom stereocenters. The Morgan fingerprint density at radius 1 is 1.07 bits per heavy atom. The third-order valence-electron chi connectivity index (χ3n) is 6.79. The van der Waals surface area contributed by atoms with Gasteiger partial charge in [-0.25, -0.2) is 5.06 Å². The Morgan fingerprint density at radius 2 is 1.67 bits per heavy atom. The summed E-state index contributed by atoms with van der Waals surface area (Å²) in [5.41, 5.74) is 11.0. The van der Waals surface area contributed by atoms with Crippen molar-refractivity contribution in [3.05, 3.63) is 11.6 Å². The summed E-state index contributed by atoms with van der Waals surface area (Å²) in [4.78, 5) is 80.3. The molecule has 6 amide bonds. The number of aliphatic imine (C=N–C) groups is 1. The van der Waals surface area contributed by atoms with Crippen molar-refractivity contribution >= 4 is 41.9 Å². The zero-order valence-electron chi connectivity index (χ0n) is 24.9. The molecule has 17 heteroatoms. The van der Waals surface area contributed by atoms with Crippen LogP contribution in [-0.4, -0.2) is 120 Å². The van der Waals surface area contributed by atoms with E-state index in [0.717, 1.165) is 0 Å². The van der Waals surface area contributed by atoms with Crippen LogP contribution in [0.2, 0.25) is 0 Å². The number of aliphatic hydroxyl groups excluding tert-OH is 1. The van der Waals surface area contributed by atoms with Crippen molar-refractivity contribution in [3.63, 3.8) is 0 Å². The second kappa shape index (κ2) is 19.0. The smallest absolute Gasteiger partial charge is 0.247 e. The maximum Gasteiger partial charge on any atom is 0.247 e. The quantitative estimate of drug-likeness (QED) is 0.0146. The highest BCUT2D eigenvalue weighted by atomic mass is 16.5. The van der Waals surface area contributed by atoms with Gasteiger partial charge in [-0.2, -0.15) is 0 Å². The van der Waals surface area contributed by atoms with Crippen LogP contribution in [0.5, 0.6) is 0 Å². The average molecular weight is 612 g/mol. The number of carbonyl (C=O) groups excluding carboxylic acids is 6. The maximum absolute atomic E-state index is 13.1. The van der Waals surface area contributed by atoms with Crippen molar-refractivity contribution in [2.75, 3.05) is 33.3 Å². The number of guanidine groups is 1. The number of carbonyl (C=O) groups is 6. The maximum atomic E-state index is 13.1. The third kappa shape index (κ3) is 13.1. The minimum absolute atomic E-state index is 0.0150. The van der Waals surface area contributed by atoms with Crippen LogP contribution < -0.4 is 32.7 Å². The number of nitrogens with one attached hydrogen (secondary N) is 4. The Hall–Kier alpha value is -4.25. The molecular formula is C26H45N9O8. The van der Waals surface area contributed by atoms with Crippen LogP contribution in [-0.2, 0) is 28.8 Å². The van der Waals surface area contributed by atoms with Crippen molar-refractivity contribution in [3.8, 4) is 0 Å². The molecule has 1 aliphatic heterocycles. The van der Waals surface area contributed by atoms with Crippen LogP contribution in [0.4, 0.5) is 0 Å². The molecule has 0 spiro atoms. The van der Waals surface area contributed by atoms with Crippen molar-refractivity contribution in [2.24, 2.45) is 16.5 Å². The molecule has 43 heavy (non-hydrogen) atoms. The number of nitrogens with zero attached hydrogens (tertiary/aromatic N) is 3. The molecule has 1 rings (SSSR count). The summed E-state index contributed by atoms with van der Waals surface area (Å²) in [5, 5.41) is 29.7. The van der Waals surface area contributed by atoms with Gasteiger partial charge < -0.3 is 42.7 Å². The van der Waals surface area contributed by atoms with Crippen LogP contribution in [0.1, 0.15) is 52.4 Å². The molecule has 0 aromatic rings. The lowest BCUT2D eigenvalue weighted by molar-refractivity contribution is -0.150. The average Bonchev–Trinajstić information content (AvgIpc) is 2.97. The van der Waals surface area contributed by atoms with E-state index in [1.165, 1.54) is 17.9 Å². The molecule has 242 valence electrons. The topological polar surface area (TPSA) is 262 Å². The zero-order chi connectivity index (χ0) is 32.5. The Balaban J connectivity index is 3.02. The second-order valence-electron chi connectivity index (χ2n) is 10.1. The summed E-state index contributed by atoms with van der Waals surface area (Å²) in [7, 11) is 1.63. The van der Waals surface area contributed by atoms with E-state index >= 15 is 0 Å². The minimum atomic E-state index is -1.51. The van der Waals surface area contributed by atoms with Gasteiger partial charge >= 0.3 is 0 Å². The Kier molecular flexibility index (Phi) is 16.3. The Labute approximate surface area is 250 Å². The number of amides is 6. The van der Waals surface area contributed by atoms with E-state index < -0.39 is 54.4 Å². The van der Waals surface area contributed by atoms with E-state index in [1.54, 1.807) is 14.0 Å². The molecule has 1 saturated heterocycles. The Bertz CT molecular complexity index is 1050. The predicted octanol–water partition coefficient (Wildman–Crippen LogP) is -3.18. The molecule has 4 unspecified atom stereocenters. The third-order valence-corrected chi connectivity index (χ3v) is 6.79. The number of likely N-dealkylation sites (tertiary alicyclic amines) is 1. The van der Waals surface area contributed by atoms with Crippen molar-refractivity contribution in [2.45, 2.75) is 76.5 Å². The van der Waals surface area contributed by atoms with E-state index in [9.17, 15) is 39.1 Å². The van der Waals surface area contributed by atoms with Gasteiger partial charge in [0.25, 0.3) is 0 Å². The predicted molar refractivity (Wildman–Crippen MR) is 155 cm³/mol. The number of rotatable bonds is 18. The molecular weight excluding hydrogens is 566 g/mol. The fourth-order valence-corrected chi connectivity index (χ4v) is 4.13. The number of aliphatic hydroxyl groups is 1. The molecule has 10 N–H and O–H groups in total. The molecule has 1 heterocycles. The lowest BCUT2D eigenvalue weighted by Crippen LogP contribution is -2.59. The molecule has 0 aliphatic carbocycles. The van der Waals surface area contributed by atoms with Crippen LogP contribution >= 0.6 is 0 Å². The van der Waals surface area contributed by atoms with Crippen molar-refractivity contribution in [1.29, 1.82) is 0 Å². The number of nitrogens with two attached hydrogens (primary N) is 2. The number of hydrogen-bond donors (Lipinski definition) is 8. The summed E-state index contributed by atoms with van der Waals surface area (Å²) in [6.45, 7) is 2.94. The van der Waals surface area contributed by atoms with Gasteiger partial charge in [-0.3, -0.25) is 39.0 Å². The van der Waals surface area contributed by atoms with E-state index in [0.29, 0.717) is 30.0 Å². The van der Waals surface area contributed by atoms with Gasteiger partial charge in [-0.15, -0.1) is 0 Å². The minimum Gasteiger partial charge on any atom is -0.394 e. The van der Waals surface area contributed by atoms with Gasteiger partial charge in [0.2, 0.25) is 35.9 Å². The monoisotopic (exact) mass is 611 g/mol. The number of likely N-dealkylation sites (N-methyl/N-ethyl adjacent to an activating group) is 1. The van der Waals surface area contributed by atoms with E-state index in [2.05, 4.69) is 26.3 Å². The molecule has 0 radical (unpaired) electrons. The summed E-state index contributed by atoms with van der Waals surface area (Å²) in [6, 6.07) is -4.61. The first kappa shape index (κ1) is 36.8. The first-order chi connectivity index (χ1) is 20.3. The second-order valence-corrected chi connectivity index (χ2v) is 10.1. The van der Waals surface area contributed by atoms with Gasteiger partial charge in [0, 0.05) is 32.3 Å². The summed E-state index contributed by atoms with van der Waals surface area (Å²) in [5.74, 6) is -3.29. The molecule has 1 fully saturated rings. The molecule has 17 nitrogen and oxygen atoms in total. The first-order valence-corrected chi connectivity index (χ1v) is 14.0. The molecule has 0 aromatic heterocycles. The molecule has 0 aromatic carbocycles. The molecule has 1 aliphatic rings. The van der Waals surface area contributed by atoms with Gasteiger partial charge in [-0.05, 0) is 52.4 Å². The SMILES string of the molecule is C/C=C(/C)C(=O)NC(CCCN(O)C=O)C(=O)NC(CO)C(=O)NC(CCCN=C(N)N)C(=O)NC1CCCN(C)C1=O. The number of allylic oxidation sites excluding steroid dienone is 1. The number of piperidine rings is 1. The first-order valence-electron chi connectivity index (χ1n) is 14.0. The van der Waals surface area contributed by atoms with Crippen LogP contribution in [0.25, 0.3) is 0 Å². The van der Waals surface area contributed by atoms with Gasteiger partial charge in [-0.1, -0.05) is 6.08 Å². The normalized spacial score (nSPS) is 17.1. The summed E-state index contributed by atoms with van der Waals surface area (Å²) >= 11 is 0. The van der Waals surface area contributed by atoms with E-state index in [4.69, 9.17) is 11.5 Å². The Morgan fingerprint density at radius 3 is 2.28 bits per heavy atom. The van der Waals surface area contributed by atoms with Crippen LogP contribution in [0.3, 0.4) is 0 Å². The number of hydrogen-bond acceptors (Lipinski definition) is 9. The number of hydroxylamine groups is 2. The lowest BCUT2D eigenvalue weighted by atomic mass is 10.0.